The Morgan fingerprint density at radius 1 is 1.00 bits per heavy atom. The number of benzene rings is 1. The SMILES string of the molecule is O=S(=O)(Nc1ccc(C(F)(F)F)cn1)c1ccc(F)cc1. The predicted molar refractivity (Wildman–Crippen MR) is 66.4 cm³/mol. The fourth-order valence-corrected chi connectivity index (χ4v) is 2.44. The smallest absolute Gasteiger partial charge is 0.263 e. The van der Waals surface area contributed by atoms with Crippen LogP contribution >= 0.6 is 0 Å². The van der Waals surface area contributed by atoms with Crippen molar-refractivity contribution in [2.24, 2.45) is 0 Å². The fraction of sp³-hybridized carbons (Fsp3) is 0.0833. The second-order valence-electron chi connectivity index (χ2n) is 3.99. The Labute approximate surface area is 117 Å². The second-order valence-corrected chi connectivity index (χ2v) is 5.67. The van der Waals surface area contributed by atoms with E-state index in [1.807, 2.05) is 4.72 Å². The lowest BCUT2D eigenvalue weighted by molar-refractivity contribution is -0.137. The van der Waals surface area contributed by atoms with Gasteiger partial charge in [0.1, 0.15) is 11.6 Å². The Bertz CT molecular complexity index is 725. The maximum atomic E-state index is 12.7. The number of anilines is 1. The molecule has 1 heterocycles. The van der Waals surface area contributed by atoms with Crippen molar-refractivity contribution >= 4 is 15.8 Å². The molecule has 4 nitrogen and oxygen atoms in total. The number of hydrogen-bond donors (Lipinski definition) is 1. The van der Waals surface area contributed by atoms with E-state index in [4.69, 9.17) is 0 Å². The molecule has 0 aliphatic carbocycles. The van der Waals surface area contributed by atoms with Crippen molar-refractivity contribution in [3.8, 4) is 0 Å². The van der Waals surface area contributed by atoms with Crippen LogP contribution < -0.4 is 4.72 Å². The maximum absolute atomic E-state index is 12.7. The van der Waals surface area contributed by atoms with Gasteiger partial charge in [-0.2, -0.15) is 13.2 Å². The highest BCUT2D eigenvalue weighted by Gasteiger charge is 2.30. The predicted octanol–water partition coefficient (Wildman–Crippen LogP) is 3.04. The van der Waals surface area contributed by atoms with Crippen LogP contribution in [-0.4, -0.2) is 13.4 Å². The molecule has 0 aliphatic rings. The van der Waals surface area contributed by atoms with E-state index >= 15 is 0 Å². The molecule has 0 saturated carbocycles. The molecular formula is C12H8F4N2O2S. The summed E-state index contributed by atoms with van der Waals surface area (Å²) in [7, 11) is -4.04. The maximum Gasteiger partial charge on any atom is 0.417 e. The van der Waals surface area contributed by atoms with E-state index < -0.39 is 27.6 Å². The molecular weight excluding hydrogens is 312 g/mol. The summed E-state index contributed by atoms with van der Waals surface area (Å²) in [5.41, 5.74) is -0.993. The van der Waals surface area contributed by atoms with Gasteiger partial charge in [-0.05, 0) is 36.4 Å². The fourth-order valence-electron chi connectivity index (χ4n) is 1.43. The van der Waals surface area contributed by atoms with E-state index in [0.29, 0.717) is 12.3 Å². The molecule has 2 aromatic rings. The van der Waals surface area contributed by atoms with Crippen LogP contribution in [0.3, 0.4) is 0 Å². The third-order valence-corrected chi connectivity index (χ3v) is 3.82. The molecule has 112 valence electrons. The lowest BCUT2D eigenvalue weighted by Crippen LogP contribution is -2.14. The highest BCUT2D eigenvalue weighted by atomic mass is 32.2. The Kier molecular flexibility index (Phi) is 3.86. The standard InChI is InChI=1S/C12H8F4N2O2S/c13-9-2-4-10(5-3-9)21(19,20)18-11-6-1-8(7-17-11)12(14,15)16/h1-7H,(H,17,18). The molecule has 1 N–H and O–H groups in total. The number of nitrogens with zero attached hydrogens (tertiary/aromatic N) is 1. The summed E-state index contributed by atoms with van der Waals surface area (Å²) in [5.74, 6) is -0.881. The summed E-state index contributed by atoms with van der Waals surface area (Å²) in [6, 6.07) is 5.56. The van der Waals surface area contributed by atoms with Crippen molar-refractivity contribution in [1.82, 2.24) is 4.98 Å². The van der Waals surface area contributed by atoms with E-state index in [-0.39, 0.29) is 10.7 Å². The minimum absolute atomic E-state index is 0.231. The number of aromatic nitrogens is 1. The van der Waals surface area contributed by atoms with Crippen LogP contribution in [0.15, 0.2) is 47.5 Å². The molecule has 1 aromatic heterocycles. The average molecular weight is 320 g/mol. The molecule has 0 unspecified atom stereocenters. The van der Waals surface area contributed by atoms with E-state index in [2.05, 4.69) is 4.98 Å². The number of rotatable bonds is 3. The van der Waals surface area contributed by atoms with E-state index in [1.54, 1.807) is 0 Å². The van der Waals surface area contributed by atoms with Gasteiger partial charge < -0.3 is 0 Å². The molecule has 0 fully saturated rings. The highest BCUT2D eigenvalue weighted by Crippen LogP contribution is 2.29. The highest BCUT2D eigenvalue weighted by molar-refractivity contribution is 7.92. The zero-order valence-electron chi connectivity index (χ0n) is 10.2. The van der Waals surface area contributed by atoms with Crippen LogP contribution in [0, 0.1) is 5.82 Å². The first kappa shape index (κ1) is 15.2. The number of hydrogen-bond acceptors (Lipinski definition) is 3. The van der Waals surface area contributed by atoms with Gasteiger partial charge in [-0.25, -0.2) is 17.8 Å². The van der Waals surface area contributed by atoms with Gasteiger partial charge in [0.25, 0.3) is 10.0 Å². The van der Waals surface area contributed by atoms with Crippen molar-refractivity contribution in [3.63, 3.8) is 0 Å². The molecule has 0 amide bonds. The number of sulfonamides is 1. The van der Waals surface area contributed by atoms with Crippen LogP contribution in [0.2, 0.25) is 0 Å². The lowest BCUT2D eigenvalue weighted by Gasteiger charge is -2.09. The van der Waals surface area contributed by atoms with Crippen LogP contribution in [0.1, 0.15) is 5.56 Å². The molecule has 0 aliphatic heterocycles. The van der Waals surface area contributed by atoms with Crippen LogP contribution in [-0.2, 0) is 16.2 Å². The topological polar surface area (TPSA) is 59.1 Å². The summed E-state index contributed by atoms with van der Waals surface area (Å²) in [5, 5.41) is 0. The van der Waals surface area contributed by atoms with Gasteiger partial charge in [-0.3, -0.25) is 4.72 Å². The van der Waals surface area contributed by atoms with Gasteiger partial charge in [-0.15, -0.1) is 0 Å². The number of nitrogens with one attached hydrogen (secondary N) is 1. The van der Waals surface area contributed by atoms with Crippen molar-refractivity contribution in [3.05, 3.63) is 54.0 Å². The normalized spacial score (nSPS) is 12.2. The Morgan fingerprint density at radius 2 is 1.62 bits per heavy atom. The number of alkyl halides is 3. The van der Waals surface area contributed by atoms with Gasteiger partial charge in [0.05, 0.1) is 10.5 Å². The monoisotopic (exact) mass is 320 g/mol. The first-order valence-corrected chi connectivity index (χ1v) is 6.98. The lowest BCUT2D eigenvalue weighted by atomic mass is 10.3. The molecule has 0 radical (unpaired) electrons. The van der Waals surface area contributed by atoms with Crippen molar-refractivity contribution in [2.75, 3.05) is 4.72 Å². The molecule has 21 heavy (non-hydrogen) atoms. The zero-order chi connectivity index (χ0) is 15.7. The third-order valence-electron chi connectivity index (χ3n) is 2.45. The van der Waals surface area contributed by atoms with Crippen molar-refractivity contribution in [2.45, 2.75) is 11.1 Å². The van der Waals surface area contributed by atoms with Gasteiger partial charge >= 0.3 is 6.18 Å². The molecule has 0 spiro atoms. The molecule has 0 saturated heterocycles. The zero-order valence-corrected chi connectivity index (χ0v) is 11.0. The second kappa shape index (κ2) is 5.32. The molecule has 0 atom stereocenters. The quantitative estimate of drug-likeness (QED) is 0.884. The van der Waals surface area contributed by atoms with E-state index in [9.17, 15) is 26.0 Å². The number of pyridine rings is 1. The Balaban J connectivity index is 2.23. The molecule has 9 heteroatoms. The van der Waals surface area contributed by atoms with Gasteiger partial charge in [0, 0.05) is 6.20 Å². The van der Waals surface area contributed by atoms with Crippen LogP contribution in [0.5, 0.6) is 0 Å². The van der Waals surface area contributed by atoms with Crippen LogP contribution in [0.25, 0.3) is 0 Å². The third kappa shape index (κ3) is 3.69. The average Bonchev–Trinajstić information content (AvgIpc) is 2.38. The van der Waals surface area contributed by atoms with Crippen molar-refractivity contribution < 1.29 is 26.0 Å². The van der Waals surface area contributed by atoms with Gasteiger partial charge in [0.15, 0.2) is 0 Å². The molecule has 1 aromatic carbocycles. The molecule has 2 rings (SSSR count). The minimum Gasteiger partial charge on any atom is -0.263 e. The van der Waals surface area contributed by atoms with Crippen LogP contribution in [0.4, 0.5) is 23.4 Å². The Morgan fingerprint density at radius 3 is 2.10 bits per heavy atom. The summed E-state index contributed by atoms with van der Waals surface area (Å²) < 4.78 is 75.6. The summed E-state index contributed by atoms with van der Waals surface area (Å²) >= 11 is 0. The van der Waals surface area contributed by atoms with Gasteiger partial charge in [0.2, 0.25) is 0 Å². The van der Waals surface area contributed by atoms with Crippen molar-refractivity contribution in [1.29, 1.82) is 0 Å². The first-order valence-electron chi connectivity index (χ1n) is 5.50. The number of halogens is 4. The van der Waals surface area contributed by atoms with E-state index in [0.717, 1.165) is 30.3 Å². The first-order chi connectivity index (χ1) is 9.68. The minimum atomic E-state index is -4.55. The largest absolute Gasteiger partial charge is 0.417 e. The Hall–Kier alpha value is -2.16. The summed E-state index contributed by atoms with van der Waals surface area (Å²) in [6.07, 6.45) is -4.04. The summed E-state index contributed by atoms with van der Waals surface area (Å²) in [6.45, 7) is 0. The summed E-state index contributed by atoms with van der Waals surface area (Å²) in [4.78, 5) is 3.16. The molecule has 0 bridgehead atoms. The van der Waals surface area contributed by atoms with E-state index in [1.165, 1.54) is 0 Å². The van der Waals surface area contributed by atoms with Gasteiger partial charge in [-0.1, -0.05) is 0 Å².